The van der Waals surface area contributed by atoms with Gasteiger partial charge in [0.05, 0.1) is 15.4 Å². The van der Waals surface area contributed by atoms with Crippen LogP contribution in [0.15, 0.2) is 47.3 Å². The molecule has 0 saturated carbocycles. The van der Waals surface area contributed by atoms with Crippen molar-refractivity contribution < 1.29 is 9.59 Å². The zero-order chi connectivity index (χ0) is 21.7. The summed E-state index contributed by atoms with van der Waals surface area (Å²) in [6, 6.07) is 11.1. The van der Waals surface area contributed by atoms with E-state index in [1.54, 1.807) is 24.3 Å². The third kappa shape index (κ3) is 4.80. The van der Waals surface area contributed by atoms with Gasteiger partial charge in [-0.1, -0.05) is 61.2 Å². The number of amides is 2. The summed E-state index contributed by atoms with van der Waals surface area (Å²) in [7, 11) is 0. The van der Waals surface area contributed by atoms with Crippen LogP contribution in [0.3, 0.4) is 0 Å². The number of unbranched alkanes of at least 4 members (excludes halogenated alkanes) is 2. The number of nitrogens with zero attached hydrogens (tertiary/aromatic N) is 2. The number of aryl methyl sites for hydroxylation is 1. The number of aromatic nitrogens is 2. The van der Waals surface area contributed by atoms with E-state index in [-0.39, 0.29) is 21.8 Å². The Hall–Kier alpha value is -2.90. The van der Waals surface area contributed by atoms with E-state index in [0.29, 0.717) is 22.3 Å². The molecule has 9 heteroatoms. The highest BCUT2D eigenvalue weighted by molar-refractivity contribution is 6.42. The second-order valence-corrected chi connectivity index (χ2v) is 7.48. The van der Waals surface area contributed by atoms with Crippen molar-refractivity contribution in [2.75, 3.05) is 0 Å². The Morgan fingerprint density at radius 1 is 0.967 bits per heavy atom. The Bertz CT molecular complexity index is 1160. The van der Waals surface area contributed by atoms with Gasteiger partial charge in [0.15, 0.2) is 5.69 Å². The lowest BCUT2D eigenvalue weighted by Crippen LogP contribution is -2.42. The molecule has 7 nitrogen and oxygen atoms in total. The number of carbonyl (C=O) groups is 2. The third-order valence-corrected chi connectivity index (χ3v) is 5.27. The van der Waals surface area contributed by atoms with Gasteiger partial charge < -0.3 is 0 Å². The van der Waals surface area contributed by atoms with Crippen LogP contribution >= 0.6 is 23.2 Å². The van der Waals surface area contributed by atoms with Crippen LogP contribution in [-0.2, 0) is 6.54 Å². The monoisotopic (exact) mass is 446 g/mol. The van der Waals surface area contributed by atoms with Gasteiger partial charge in [-0.05, 0) is 30.7 Å². The number of rotatable bonds is 6. The van der Waals surface area contributed by atoms with Crippen molar-refractivity contribution in [3.8, 4) is 0 Å². The molecule has 30 heavy (non-hydrogen) atoms. The number of hydrogen-bond donors (Lipinski definition) is 2. The Balaban J connectivity index is 1.84. The summed E-state index contributed by atoms with van der Waals surface area (Å²) < 4.78 is 1.30. The summed E-state index contributed by atoms with van der Waals surface area (Å²) >= 11 is 11.8. The highest BCUT2D eigenvalue weighted by Crippen LogP contribution is 2.22. The van der Waals surface area contributed by atoms with Gasteiger partial charge in [0, 0.05) is 17.5 Å². The minimum Gasteiger partial charge on any atom is -0.267 e. The summed E-state index contributed by atoms with van der Waals surface area (Å²) in [4.78, 5) is 37.7. The van der Waals surface area contributed by atoms with E-state index in [9.17, 15) is 14.4 Å². The minimum absolute atomic E-state index is 0.0520. The fourth-order valence-corrected chi connectivity index (χ4v) is 3.25. The van der Waals surface area contributed by atoms with Gasteiger partial charge in [-0.3, -0.25) is 25.2 Å². The number of carbonyl (C=O) groups excluding carboxylic acids is 2. The lowest BCUT2D eigenvalue weighted by Gasteiger charge is -2.12. The normalized spacial score (nSPS) is 10.8. The van der Waals surface area contributed by atoms with Gasteiger partial charge in [-0.15, -0.1) is 0 Å². The molecule has 1 aromatic heterocycles. The molecule has 0 aliphatic rings. The molecule has 0 aliphatic heterocycles. The van der Waals surface area contributed by atoms with E-state index < -0.39 is 11.8 Å². The molecule has 0 atom stereocenters. The van der Waals surface area contributed by atoms with Crippen molar-refractivity contribution in [1.82, 2.24) is 20.6 Å². The van der Waals surface area contributed by atoms with Gasteiger partial charge >= 0.3 is 0 Å². The van der Waals surface area contributed by atoms with Crippen LogP contribution in [0.1, 0.15) is 47.0 Å². The zero-order valence-corrected chi connectivity index (χ0v) is 17.8. The summed E-state index contributed by atoms with van der Waals surface area (Å²) in [6.45, 7) is 2.47. The summed E-state index contributed by atoms with van der Waals surface area (Å²) in [5, 5.41) is 5.60. The van der Waals surface area contributed by atoms with Crippen LogP contribution in [-0.4, -0.2) is 21.6 Å². The molecule has 0 saturated heterocycles. The Morgan fingerprint density at radius 3 is 2.37 bits per heavy atom. The average Bonchev–Trinajstić information content (AvgIpc) is 2.75. The van der Waals surface area contributed by atoms with Crippen molar-refractivity contribution in [3.63, 3.8) is 0 Å². The van der Waals surface area contributed by atoms with Crippen molar-refractivity contribution >= 4 is 45.8 Å². The van der Waals surface area contributed by atoms with Gasteiger partial charge in [0.25, 0.3) is 17.4 Å². The topological polar surface area (TPSA) is 93.1 Å². The van der Waals surface area contributed by atoms with Crippen LogP contribution < -0.4 is 16.4 Å². The molecule has 156 valence electrons. The lowest BCUT2D eigenvalue weighted by molar-refractivity contribution is 0.0843. The van der Waals surface area contributed by atoms with Gasteiger partial charge in [-0.2, -0.15) is 5.10 Å². The van der Waals surface area contributed by atoms with Crippen molar-refractivity contribution in [1.29, 1.82) is 0 Å². The molecule has 2 N–H and O–H groups in total. The van der Waals surface area contributed by atoms with E-state index in [2.05, 4.69) is 22.9 Å². The average molecular weight is 447 g/mol. The van der Waals surface area contributed by atoms with Gasteiger partial charge in [0.2, 0.25) is 0 Å². The first kappa shape index (κ1) is 21.8. The van der Waals surface area contributed by atoms with Crippen LogP contribution in [0.4, 0.5) is 0 Å². The maximum atomic E-state index is 12.8. The highest BCUT2D eigenvalue weighted by atomic mass is 35.5. The van der Waals surface area contributed by atoms with Crippen LogP contribution in [0.25, 0.3) is 10.8 Å². The van der Waals surface area contributed by atoms with Crippen LogP contribution in [0.2, 0.25) is 10.0 Å². The smallest absolute Gasteiger partial charge is 0.267 e. The molecule has 3 aromatic rings. The third-order valence-electron chi connectivity index (χ3n) is 4.53. The molecule has 3 rings (SSSR count). The molecule has 0 fully saturated rings. The second kappa shape index (κ2) is 9.73. The quantitative estimate of drug-likeness (QED) is 0.442. The number of hydrazine groups is 1. The number of benzene rings is 2. The van der Waals surface area contributed by atoms with E-state index in [4.69, 9.17) is 23.2 Å². The van der Waals surface area contributed by atoms with Crippen LogP contribution in [0, 0.1) is 0 Å². The Morgan fingerprint density at radius 2 is 1.67 bits per heavy atom. The molecular formula is C21H20Cl2N4O3. The maximum absolute atomic E-state index is 12.8. The Kier molecular flexibility index (Phi) is 7.07. The summed E-state index contributed by atoms with van der Waals surface area (Å²) in [5.74, 6) is -1.20. The molecule has 0 bridgehead atoms. The minimum atomic E-state index is -0.635. The first-order valence-corrected chi connectivity index (χ1v) is 10.2. The summed E-state index contributed by atoms with van der Waals surface area (Å²) in [5.41, 5.74) is 4.70. The Labute approximate surface area is 183 Å². The van der Waals surface area contributed by atoms with Crippen molar-refractivity contribution in [3.05, 3.63) is 74.1 Å². The molecular weight excluding hydrogens is 427 g/mol. The van der Waals surface area contributed by atoms with Crippen LogP contribution in [0.5, 0.6) is 0 Å². The molecule has 0 radical (unpaired) electrons. The highest BCUT2D eigenvalue weighted by Gasteiger charge is 2.17. The second-order valence-electron chi connectivity index (χ2n) is 6.67. The predicted octanol–water partition coefficient (Wildman–Crippen LogP) is 3.97. The summed E-state index contributed by atoms with van der Waals surface area (Å²) in [6.07, 6.45) is 2.72. The number of hydrogen-bond acceptors (Lipinski definition) is 4. The fraction of sp³-hybridized carbons (Fsp3) is 0.238. The van der Waals surface area contributed by atoms with E-state index in [1.807, 2.05) is 0 Å². The SMILES string of the molecule is CCCCCn1nc(C(=O)NNC(=O)c2ccc(Cl)c(Cl)c2)c2ccccc2c1=O. The molecule has 0 aliphatic carbocycles. The first-order chi connectivity index (χ1) is 14.4. The molecule has 2 amide bonds. The van der Waals surface area contributed by atoms with Gasteiger partial charge in [0.1, 0.15) is 0 Å². The fourth-order valence-electron chi connectivity index (χ4n) is 2.95. The molecule has 2 aromatic carbocycles. The first-order valence-electron chi connectivity index (χ1n) is 9.48. The molecule has 0 spiro atoms. The lowest BCUT2D eigenvalue weighted by atomic mass is 10.1. The van der Waals surface area contributed by atoms with Gasteiger partial charge in [-0.25, -0.2) is 4.68 Å². The maximum Gasteiger partial charge on any atom is 0.290 e. The number of nitrogens with one attached hydrogen (secondary N) is 2. The largest absolute Gasteiger partial charge is 0.290 e. The van der Waals surface area contributed by atoms with E-state index >= 15 is 0 Å². The van der Waals surface area contributed by atoms with Crippen molar-refractivity contribution in [2.24, 2.45) is 0 Å². The predicted molar refractivity (Wildman–Crippen MR) is 117 cm³/mol. The van der Waals surface area contributed by atoms with E-state index in [1.165, 1.54) is 22.9 Å². The standard InChI is InChI=1S/C21H20Cl2N4O3/c1-2-3-6-11-27-21(30)15-8-5-4-7-14(15)18(26-27)20(29)25-24-19(28)13-9-10-16(22)17(23)12-13/h4-5,7-10,12H,2-3,6,11H2,1H3,(H,24,28)(H,25,29). The molecule has 0 unspecified atom stereocenters. The zero-order valence-electron chi connectivity index (χ0n) is 16.2. The number of halogens is 2. The van der Waals surface area contributed by atoms with Crippen molar-refractivity contribution in [2.45, 2.75) is 32.7 Å². The molecule has 1 heterocycles. The number of fused-ring (bicyclic) bond motifs is 1. The van der Waals surface area contributed by atoms with E-state index in [0.717, 1.165) is 19.3 Å².